The summed E-state index contributed by atoms with van der Waals surface area (Å²) in [6, 6.07) is 33.9. The van der Waals surface area contributed by atoms with Crippen molar-refractivity contribution in [1.82, 2.24) is 9.55 Å². The van der Waals surface area contributed by atoms with Crippen molar-refractivity contribution in [3.8, 4) is 22.5 Å². The monoisotopic (exact) mass is 492 g/mol. The number of aromatic nitrogens is 2. The molecule has 2 heteroatoms. The molecule has 0 bridgehead atoms. The van der Waals surface area contributed by atoms with Crippen molar-refractivity contribution < 1.29 is 0 Å². The van der Waals surface area contributed by atoms with Crippen LogP contribution in [0.1, 0.15) is 36.6 Å². The van der Waals surface area contributed by atoms with E-state index >= 15 is 0 Å². The Labute approximate surface area is 225 Å². The van der Waals surface area contributed by atoms with Crippen molar-refractivity contribution in [2.24, 2.45) is 0 Å². The zero-order valence-corrected chi connectivity index (χ0v) is 21.9. The highest BCUT2D eigenvalue weighted by Crippen LogP contribution is 2.35. The predicted octanol–water partition coefficient (Wildman–Crippen LogP) is 9.38. The van der Waals surface area contributed by atoms with Crippen LogP contribution in [0.5, 0.6) is 0 Å². The van der Waals surface area contributed by atoms with E-state index in [9.17, 15) is 0 Å². The van der Waals surface area contributed by atoms with Gasteiger partial charge in [0.1, 0.15) is 0 Å². The molecule has 6 rings (SSSR count). The van der Waals surface area contributed by atoms with Gasteiger partial charge in [0, 0.05) is 27.9 Å². The van der Waals surface area contributed by atoms with Gasteiger partial charge in [-0.3, -0.25) is 0 Å². The number of fused-ring (bicyclic) bond motifs is 3. The normalized spacial score (nSPS) is 13.7. The molecule has 0 atom stereocenters. The van der Waals surface area contributed by atoms with Crippen molar-refractivity contribution in [1.29, 1.82) is 0 Å². The van der Waals surface area contributed by atoms with E-state index < -0.39 is 0 Å². The van der Waals surface area contributed by atoms with E-state index in [2.05, 4.69) is 121 Å². The molecule has 0 radical (unpaired) electrons. The van der Waals surface area contributed by atoms with Gasteiger partial charge in [0.25, 0.3) is 0 Å². The first-order valence-corrected chi connectivity index (χ1v) is 13.5. The third-order valence-electron chi connectivity index (χ3n) is 7.52. The fraction of sp³-hybridized carbons (Fsp3) is 0.139. The van der Waals surface area contributed by atoms with Gasteiger partial charge >= 0.3 is 0 Å². The molecule has 2 heterocycles. The Morgan fingerprint density at radius 3 is 2.03 bits per heavy atom. The zero-order chi connectivity index (χ0) is 25.9. The number of pyridine rings is 1. The van der Waals surface area contributed by atoms with Gasteiger partial charge in [-0.05, 0) is 73.6 Å². The number of nitrogens with zero attached hydrogens (tertiary/aromatic N) is 2. The van der Waals surface area contributed by atoms with Crippen LogP contribution < -0.4 is 0 Å². The summed E-state index contributed by atoms with van der Waals surface area (Å²) < 4.78 is 2.46. The molecule has 1 aliphatic rings. The van der Waals surface area contributed by atoms with Gasteiger partial charge < -0.3 is 4.57 Å². The minimum atomic E-state index is 0.952. The maximum atomic E-state index is 5.01. The molecule has 2 aromatic heterocycles. The van der Waals surface area contributed by atoms with Gasteiger partial charge in [-0.1, -0.05) is 97.6 Å². The number of rotatable bonds is 6. The molecule has 1 aliphatic carbocycles. The molecular formula is C36H32N2. The number of para-hydroxylation sites is 1. The Balaban J connectivity index is 1.39. The predicted molar refractivity (Wildman–Crippen MR) is 162 cm³/mol. The van der Waals surface area contributed by atoms with Crippen LogP contribution >= 0.6 is 0 Å². The minimum absolute atomic E-state index is 0.952. The van der Waals surface area contributed by atoms with Crippen molar-refractivity contribution >= 4 is 22.2 Å². The Kier molecular flexibility index (Phi) is 6.62. The standard InChI is InChI=1S/C36H32N2/c1-3-30(38-35-20-12-10-18-31(35)32-19-11-13-21-36(32)38)23-22-26(2)29-24-33(27-14-6-4-7-15-27)37-34(25-29)28-16-8-5-9-17-28/h3-10,12,14-18,20,22-25H,2,11,13,19,21H2,1H3/b23-22-,30-3+. The third kappa shape index (κ3) is 4.54. The fourth-order valence-corrected chi connectivity index (χ4v) is 5.60. The molecule has 0 spiro atoms. The highest BCUT2D eigenvalue weighted by molar-refractivity contribution is 5.90. The zero-order valence-electron chi connectivity index (χ0n) is 21.9. The smallest absolute Gasteiger partial charge is 0.0715 e. The summed E-state index contributed by atoms with van der Waals surface area (Å²) in [6.45, 7) is 6.61. The molecule has 3 aromatic carbocycles. The maximum Gasteiger partial charge on any atom is 0.0715 e. The number of hydrogen-bond donors (Lipinski definition) is 0. The van der Waals surface area contributed by atoms with Crippen LogP contribution in [0.3, 0.4) is 0 Å². The van der Waals surface area contributed by atoms with E-state index in [0.717, 1.165) is 46.5 Å². The lowest BCUT2D eigenvalue weighted by molar-refractivity contribution is 0.669. The lowest BCUT2D eigenvalue weighted by Gasteiger charge is -2.17. The van der Waals surface area contributed by atoms with Gasteiger partial charge in [-0.2, -0.15) is 0 Å². The first kappa shape index (κ1) is 23.9. The minimum Gasteiger partial charge on any atom is -0.314 e. The van der Waals surface area contributed by atoms with Crippen LogP contribution in [0, 0.1) is 0 Å². The molecule has 0 aliphatic heterocycles. The van der Waals surface area contributed by atoms with Gasteiger partial charge in [0.2, 0.25) is 0 Å². The van der Waals surface area contributed by atoms with Crippen molar-refractivity contribution in [2.75, 3.05) is 0 Å². The number of aryl methyl sites for hydroxylation is 1. The molecule has 0 fully saturated rings. The first-order valence-electron chi connectivity index (χ1n) is 13.5. The SMILES string of the molecule is C=C(/C=C\C(=C/C)n1c2c(c3ccccc31)CCCC2)c1cc(-c2ccccc2)nc(-c2ccccc2)c1. The number of hydrogen-bond acceptors (Lipinski definition) is 1. The van der Waals surface area contributed by atoms with E-state index in [1.165, 1.54) is 40.7 Å². The molecule has 186 valence electrons. The van der Waals surface area contributed by atoms with Crippen LogP contribution in [0.2, 0.25) is 0 Å². The fourth-order valence-electron chi connectivity index (χ4n) is 5.60. The van der Waals surface area contributed by atoms with Crippen LogP contribution in [0.4, 0.5) is 0 Å². The van der Waals surface area contributed by atoms with E-state index in [1.807, 2.05) is 12.1 Å². The highest BCUT2D eigenvalue weighted by atomic mass is 15.0. The highest BCUT2D eigenvalue weighted by Gasteiger charge is 2.20. The molecule has 0 amide bonds. The molecule has 38 heavy (non-hydrogen) atoms. The third-order valence-corrected chi connectivity index (χ3v) is 7.52. The summed E-state index contributed by atoms with van der Waals surface area (Å²) in [7, 11) is 0. The summed E-state index contributed by atoms with van der Waals surface area (Å²) >= 11 is 0. The molecule has 0 N–H and O–H groups in total. The van der Waals surface area contributed by atoms with Gasteiger partial charge in [-0.15, -0.1) is 0 Å². The average molecular weight is 493 g/mol. The average Bonchev–Trinajstić information content (AvgIpc) is 3.32. The first-order chi connectivity index (χ1) is 18.7. The largest absolute Gasteiger partial charge is 0.314 e. The van der Waals surface area contributed by atoms with Crippen LogP contribution in [-0.2, 0) is 12.8 Å². The summed E-state index contributed by atoms with van der Waals surface area (Å²) in [6.07, 6.45) is 11.4. The Hall–Kier alpha value is -4.43. The van der Waals surface area contributed by atoms with E-state index in [-0.39, 0.29) is 0 Å². The second-order valence-electron chi connectivity index (χ2n) is 9.92. The Bertz CT molecular complexity index is 1610. The van der Waals surface area contributed by atoms with E-state index in [4.69, 9.17) is 4.98 Å². The summed E-state index contributed by atoms with van der Waals surface area (Å²) in [5.41, 5.74) is 11.6. The summed E-state index contributed by atoms with van der Waals surface area (Å²) in [5, 5.41) is 1.39. The molecule has 0 saturated carbocycles. The molecule has 0 unspecified atom stereocenters. The quantitative estimate of drug-likeness (QED) is 0.216. The lowest BCUT2D eigenvalue weighted by Crippen LogP contribution is -2.07. The van der Waals surface area contributed by atoms with E-state index in [0.29, 0.717) is 0 Å². The van der Waals surface area contributed by atoms with Crippen molar-refractivity contribution in [3.05, 3.63) is 139 Å². The Morgan fingerprint density at radius 2 is 1.37 bits per heavy atom. The number of allylic oxidation sites excluding steroid dienone is 5. The van der Waals surface area contributed by atoms with Gasteiger partial charge in [0.15, 0.2) is 0 Å². The molecule has 0 saturated heterocycles. The number of benzene rings is 3. The van der Waals surface area contributed by atoms with Gasteiger partial charge in [0.05, 0.1) is 16.9 Å². The Morgan fingerprint density at radius 1 is 0.763 bits per heavy atom. The maximum absolute atomic E-state index is 5.01. The summed E-state index contributed by atoms with van der Waals surface area (Å²) in [5.74, 6) is 0. The van der Waals surface area contributed by atoms with Crippen LogP contribution in [0.25, 0.3) is 44.7 Å². The molecule has 2 nitrogen and oxygen atoms in total. The van der Waals surface area contributed by atoms with Gasteiger partial charge in [-0.25, -0.2) is 4.98 Å². The van der Waals surface area contributed by atoms with Crippen molar-refractivity contribution in [2.45, 2.75) is 32.6 Å². The van der Waals surface area contributed by atoms with E-state index in [1.54, 1.807) is 0 Å². The van der Waals surface area contributed by atoms with Crippen molar-refractivity contribution in [3.63, 3.8) is 0 Å². The van der Waals surface area contributed by atoms with Crippen LogP contribution in [0.15, 0.2) is 122 Å². The lowest BCUT2D eigenvalue weighted by atomic mass is 9.95. The van der Waals surface area contributed by atoms with Crippen LogP contribution in [-0.4, -0.2) is 9.55 Å². The molecule has 5 aromatic rings. The second kappa shape index (κ2) is 10.5. The molecular weight excluding hydrogens is 460 g/mol. The summed E-state index contributed by atoms with van der Waals surface area (Å²) in [4.78, 5) is 5.01. The second-order valence-corrected chi connectivity index (χ2v) is 9.92. The topological polar surface area (TPSA) is 17.8 Å².